The second-order valence-electron chi connectivity index (χ2n) is 13.1. The molecule has 50 heavy (non-hydrogen) atoms. The van der Waals surface area contributed by atoms with Crippen molar-refractivity contribution in [3.05, 3.63) is 24.3 Å². The minimum absolute atomic E-state index is 0.0996. The van der Waals surface area contributed by atoms with Crippen molar-refractivity contribution in [2.45, 2.75) is 180 Å². The minimum atomic E-state index is -4.71. The highest BCUT2D eigenvalue weighted by molar-refractivity contribution is 7.47. The summed E-state index contributed by atoms with van der Waals surface area (Å²) in [6, 6.07) is -1.52. The van der Waals surface area contributed by atoms with Gasteiger partial charge in [-0.15, -0.1) is 0 Å². The van der Waals surface area contributed by atoms with Crippen molar-refractivity contribution in [1.82, 2.24) is 0 Å². The fraction of sp³-hybridized carbons (Fsp3) is 0.816. The van der Waals surface area contributed by atoms with Crippen molar-refractivity contribution in [2.75, 3.05) is 19.8 Å². The summed E-state index contributed by atoms with van der Waals surface area (Å²) in [6.45, 7) is 2.72. The number of rotatable bonds is 36. The first-order valence-corrected chi connectivity index (χ1v) is 20.9. The smallest absolute Gasteiger partial charge is 0.472 e. The van der Waals surface area contributed by atoms with Crippen LogP contribution in [0.4, 0.5) is 0 Å². The molecule has 0 radical (unpaired) electrons. The lowest BCUT2D eigenvalue weighted by molar-refractivity contribution is -0.161. The molecule has 4 N–H and O–H groups in total. The number of phosphoric ester groups is 1. The number of ether oxygens (including phenoxy) is 2. The molecule has 1 unspecified atom stereocenters. The first-order valence-electron chi connectivity index (χ1n) is 19.4. The average molecular weight is 732 g/mol. The standard InChI is InChI=1S/C38H70NO10P/c1-3-5-7-9-11-13-14-15-16-17-18-19-20-22-24-26-28-30-37(41)49-34(32-47-50(44,45)48-33-35(39)38(42)43)31-46-36(40)29-27-25-23-21-12-10-8-6-4-2/h18-19,22,24,34-35H,3-17,20-21,23,25-33,39H2,1-2H3,(H,42,43)(H,44,45)/b19-18+,24-22+/t34-,35-/m0/s1. The summed E-state index contributed by atoms with van der Waals surface area (Å²) in [5.74, 6) is -2.44. The SMILES string of the molecule is CCCCCCCCCCC/C=C/C/C=C/CCCC(=O)O[C@@H](COC(=O)CCCCCCCCCCC)COP(=O)(O)OC[C@H](N)C(=O)O. The zero-order chi connectivity index (χ0) is 37.1. The van der Waals surface area contributed by atoms with Gasteiger partial charge in [-0.2, -0.15) is 0 Å². The van der Waals surface area contributed by atoms with E-state index in [1.165, 1.54) is 89.9 Å². The third-order valence-corrected chi connectivity index (χ3v) is 9.15. The van der Waals surface area contributed by atoms with Crippen LogP contribution in [0.25, 0.3) is 0 Å². The van der Waals surface area contributed by atoms with Crippen LogP contribution in [0.15, 0.2) is 24.3 Å². The Morgan fingerprint density at radius 1 is 0.620 bits per heavy atom. The molecule has 0 aliphatic rings. The van der Waals surface area contributed by atoms with Crippen LogP contribution in [0.5, 0.6) is 0 Å². The summed E-state index contributed by atoms with van der Waals surface area (Å²) >= 11 is 0. The minimum Gasteiger partial charge on any atom is -0.480 e. The summed E-state index contributed by atoms with van der Waals surface area (Å²) in [4.78, 5) is 45.6. The molecule has 0 fully saturated rings. The Morgan fingerprint density at radius 3 is 1.62 bits per heavy atom. The van der Waals surface area contributed by atoms with Gasteiger partial charge in [0.1, 0.15) is 12.6 Å². The van der Waals surface area contributed by atoms with Crippen LogP contribution in [-0.4, -0.2) is 59.9 Å². The first kappa shape index (κ1) is 48.0. The summed E-state index contributed by atoms with van der Waals surface area (Å²) in [5, 5.41) is 8.85. The third kappa shape index (κ3) is 33.1. The van der Waals surface area contributed by atoms with Gasteiger partial charge in [-0.05, 0) is 38.5 Å². The van der Waals surface area contributed by atoms with Gasteiger partial charge in [0.05, 0.1) is 13.2 Å². The highest BCUT2D eigenvalue weighted by atomic mass is 31.2. The van der Waals surface area contributed by atoms with Gasteiger partial charge < -0.3 is 25.2 Å². The molecule has 3 atom stereocenters. The van der Waals surface area contributed by atoms with Gasteiger partial charge in [0, 0.05) is 12.8 Å². The molecule has 292 valence electrons. The summed E-state index contributed by atoms with van der Waals surface area (Å²) in [6.07, 6.45) is 32.7. The van der Waals surface area contributed by atoms with Crippen LogP contribution in [0.2, 0.25) is 0 Å². The summed E-state index contributed by atoms with van der Waals surface area (Å²) in [5.41, 5.74) is 5.31. The predicted molar refractivity (Wildman–Crippen MR) is 199 cm³/mol. The molecule has 0 aliphatic carbocycles. The molecular weight excluding hydrogens is 661 g/mol. The molecule has 0 rings (SSSR count). The van der Waals surface area contributed by atoms with Crippen LogP contribution in [-0.2, 0) is 37.5 Å². The van der Waals surface area contributed by atoms with E-state index in [4.69, 9.17) is 24.8 Å². The van der Waals surface area contributed by atoms with E-state index in [0.29, 0.717) is 19.3 Å². The molecule has 0 saturated carbocycles. The summed E-state index contributed by atoms with van der Waals surface area (Å²) in [7, 11) is -4.71. The van der Waals surface area contributed by atoms with Crippen LogP contribution in [0.1, 0.15) is 168 Å². The van der Waals surface area contributed by atoms with E-state index < -0.39 is 51.1 Å². The number of carbonyl (C=O) groups is 3. The maximum atomic E-state index is 12.5. The lowest BCUT2D eigenvalue weighted by Crippen LogP contribution is -2.34. The largest absolute Gasteiger partial charge is 0.480 e. The zero-order valence-corrected chi connectivity index (χ0v) is 32.1. The first-order chi connectivity index (χ1) is 24.1. The average Bonchev–Trinajstić information content (AvgIpc) is 3.09. The van der Waals surface area contributed by atoms with Crippen molar-refractivity contribution in [1.29, 1.82) is 0 Å². The predicted octanol–water partition coefficient (Wildman–Crippen LogP) is 9.50. The fourth-order valence-electron chi connectivity index (χ4n) is 5.10. The monoisotopic (exact) mass is 731 g/mol. The second kappa shape index (κ2) is 34.1. The van der Waals surface area contributed by atoms with E-state index in [9.17, 15) is 23.8 Å². The highest BCUT2D eigenvalue weighted by Crippen LogP contribution is 2.43. The number of unbranched alkanes of at least 4 members (excludes halogenated alkanes) is 18. The van der Waals surface area contributed by atoms with E-state index >= 15 is 0 Å². The Morgan fingerprint density at radius 2 is 1.08 bits per heavy atom. The molecule has 0 saturated heterocycles. The molecule has 12 heteroatoms. The Balaban J connectivity index is 4.47. The van der Waals surface area contributed by atoms with Gasteiger partial charge in [0.25, 0.3) is 0 Å². The van der Waals surface area contributed by atoms with Crippen molar-refractivity contribution >= 4 is 25.7 Å². The van der Waals surface area contributed by atoms with Crippen molar-refractivity contribution in [3.63, 3.8) is 0 Å². The number of hydrogen-bond acceptors (Lipinski definition) is 9. The Bertz CT molecular complexity index is 958. The number of esters is 2. The number of carboxylic acids is 1. The van der Waals surface area contributed by atoms with E-state index in [0.717, 1.165) is 32.1 Å². The number of nitrogens with two attached hydrogens (primary N) is 1. The van der Waals surface area contributed by atoms with Gasteiger partial charge in [0.2, 0.25) is 0 Å². The van der Waals surface area contributed by atoms with Gasteiger partial charge in [0.15, 0.2) is 6.10 Å². The van der Waals surface area contributed by atoms with Gasteiger partial charge in [-0.3, -0.25) is 23.4 Å². The Kier molecular flexibility index (Phi) is 32.7. The molecule has 0 aliphatic heterocycles. The van der Waals surface area contributed by atoms with E-state index in [-0.39, 0.29) is 19.4 Å². The lowest BCUT2D eigenvalue weighted by Gasteiger charge is -2.20. The van der Waals surface area contributed by atoms with Crippen LogP contribution in [0.3, 0.4) is 0 Å². The quantitative estimate of drug-likeness (QED) is 0.0242. The van der Waals surface area contributed by atoms with Crippen molar-refractivity contribution in [2.24, 2.45) is 5.73 Å². The number of hydrogen-bond donors (Lipinski definition) is 3. The molecule has 11 nitrogen and oxygen atoms in total. The molecule has 0 spiro atoms. The van der Waals surface area contributed by atoms with Gasteiger partial charge >= 0.3 is 25.7 Å². The lowest BCUT2D eigenvalue weighted by atomic mass is 10.1. The number of allylic oxidation sites excluding steroid dienone is 4. The van der Waals surface area contributed by atoms with E-state index in [1.54, 1.807) is 0 Å². The normalized spacial score (nSPS) is 14.2. The Hall–Kier alpha value is -2.04. The molecule has 0 amide bonds. The van der Waals surface area contributed by atoms with Crippen LogP contribution in [0, 0.1) is 0 Å². The van der Waals surface area contributed by atoms with E-state index in [1.807, 2.05) is 6.08 Å². The van der Waals surface area contributed by atoms with Gasteiger partial charge in [-0.25, -0.2) is 4.57 Å². The number of carbonyl (C=O) groups excluding carboxylic acids is 2. The van der Waals surface area contributed by atoms with Crippen LogP contribution >= 0.6 is 7.82 Å². The van der Waals surface area contributed by atoms with Crippen molar-refractivity contribution < 1.29 is 47.5 Å². The third-order valence-electron chi connectivity index (χ3n) is 8.20. The number of carboxylic acid groups (broad SMARTS) is 1. The molecule has 0 aromatic carbocycles. The molecule has 0 aromatic rings. The fourth-order valence-corrected chi connectivity index (χ4v) is 5.88. The zero-order valence-electron chi connectivity index (χ0n) is 31.2. The van der Waals surface area contributed by atoms with Crippen LogP contribution < -0.4 is 5.73 Å². The highest BCUT2D eigenvalue weighted by Gasteiger charge is 2.28. The van der Waals surface area contributed by atoms with E-state index in [2.05, 4.69) is 36.6 Å². The van der Waals surface area contributed by atoms with Crippen molar-refractivity contribution in [3.8, 4) is 0 Å². The number of aliphatic carboxylic acids is 1. The molecule has 0 bridgehead atoms. The maximum absolute atomic E-state index is 12.5. The molecule has 0 heterocycles. The Labute approximate surface area is 302 Å². The molecule has 0 aromatic heterocycles. The maximum Gasteiger partial charge on any atom is 0.472 e. The van der Waals surface area contributed by atoms with Gasteiger partial charge in [-0.1, -0.05) is 141 Å². The number of phosphoric acid groups is 1. The second-order valence-corrected chi connectivity index (χ2v) is 14.5. The topological polar surface area (TPSA) is 172 Å². The molecular formula is C38H70NO10P. The summed E-state index contributed by atoms with van der Waals surface area (Å²) < 4.78 is 32.5.